The third-order valence-corrected chi connectivity index (χ3v) is 11.9. The van der Waals surface area contributed by atoms with Crippen molar-refractivity contribution in [2.75, 3.05) is 19.6 Å². The second-order valence-corrected chi connectivity index (χ2v) is 18.7. The van der Waals surface area contributed by atoms with Crippen molar-refractivity contribution < 1.29 is 43.2 Å². The molecule has 0 aliphatic rings. The highest BCUT2D eigenvalue weighted by Crippen LogP contribution is 2.14. The molecule has 0 unspecified atom stereocenters. The first-order valence-corrected chi connectivity index (χ1v) is 26.2. The van der Waals surface area contributed by atoms with Gasteiger partial charge in [0.15, 0.2) is 23.7 Å². The summed E-state index contributed by atoms with van der Waals surface area (Å²) in [6.45, 7) is 5.34. The van der Waals surface area contributed by atoms with Crippen LogP contribution in [-0.4, -0.2) is 127 Å². The van der Waals surface area contributed by atoms with Gasteiger partial charge in [0.25, 0.3) is 0 Å². The number of ketones is 1. The number of carbonyl (C=O) groups is 9. The molecule has 422 valence electrons. The second kappa shape index (κ2) is 40.7. The lowest BCUT2D eigenvalue weighted by atomic mass is 10.0. The fourth-order valence-corrected chi connectivity index (χ4v) is 7.68. The van der Waals surface area contributed by atoms with Gasteiger partial charge in [0.2, 0.25) is 47.3 Å². The fourth-order valence-electron chi connectivity index (χ4n) is 7.68. The van der Waals surface area contributed by atoms with Gasteiger partial charge in [-0.05, 0) is 71.6 Å². The standard InChI is InChI=1S/C48H91N17O9/c1-4-5-6-7-8-9-10-11-12-13-14-15-16-23-40(69)61-34(21-18-29-58-47(53)54)43(72)65-36(24-26-38(49)67)42(71)60-31(2)41(70)63-37(25-27-39(50)68)45(74)64-35(22-19-30-59-48(55)56)44(73)62-33(32(3)66)20-17-28-57-46(51)52/h31,33-37H,4-30H2,1-3H3,(H2,49,67)(H2,50,68)(H,60,71)(H,61,69)(H,62,73)(H,63,70)(H,64,74)(H,65,72)(H4,51,52,57)(H4,53,54,58)(H4,55,56,59)/t31-,33-,34-,35-,36-,37-/m0/s1. The highest BCUT2D eigenvalue weighted by Gasteiger charge is 2.32. The normalized spacial score (nSPS) is 13.2. The number of hydrogen-bond acceptors (Lipinski definition) is 12. The molecule has 22 N–H and O–H groups in total. The molecule has 0 heterocycles. The van der Waals surface area contributed by atoms with Crippen LogP contribution in [0.15, 0.2) is 0 Å². The molecule has 74 heavy (non-hydrogen) atoms. The molecule has 6 atom stereocenters. The molecular formula is C48H91N17O9. The average Bonchev–Trinajstić information content (AvgIpc) is 3.32. The van der Waals surface area contributed by atoms with Crippen LogP contribution in [0, 0.1) is 16.2 Å². The maximum Gasteiger partial charge on any atom is 0.243 e. The van der Waals surface area contributed by atoms with E-state index in [1.54, 1.807) is 0 Å². The minimum absolute atomic E-state index is 0.0327. The van der Waals surface area contributed by atoms with E-state index in [-0.39, 0.29) is 107 Å². The van der Waals surface area contributed by atoms with Gasteiger partial charge in [-0.3, -0.25) is 59.4 Å². The number of amides is 8. The van der Waals surface area contributed by atoms with E-state index in [2.05, 4.69) is 54.8 Å². The summed E-state index contributed by atoms with van der Waals surface area (Å²) >= 11 is 0. The molecule has 0 aliphatic carbocycles. The number of hydrogen-bond donors (Lipinski definition) is 17. The highest BCUT2D eigenvalue weighted by molar-refractivity contribution is 5.97. The van der Waals surface area contributed by atoms with Crippen molar-refractivity contribution >= 4 is 70.9 Å². The molecule has 0 saturated heterocycles. The number of primary amides is 2. The molecule has 0 bridgehead atoms. The lowest BCUT2D eigenvalue weighted by Crippen LogP contribution is -2.59. The Balaban J connectivity index is 6.00. The van der Waals surface area contributed by atoms with Gasteiger partial charge >= 0.3 is 0 Å². The molecule has 26 heteroatoms. The fraction of sp³-hybridized carbons (Fsp3) is 0.750. The zero-order valence-corrected chi connectivity index (χ0v) is 44.1. The van der Waals surface area contributed by atoms with Crippen LogP contribution >= 0.6 is 0 Å². The summed E-state index contributed by atoms with van der Waals surface area (Å²) < 4.78 is 0. The predicted octanol–water partition coefficient (Wildman–Crippen LogP) is -0.694. The van der Waals surface area contributed by atoms with Crippen molar-refractivity contribution in [3.8, 4) is 0 Å². The topological polar surface area (TPSA) is 464 Å². The summed E-state index contributed by atoms with van der Waals surface area (Å²) in [5.74, 6) is -7.53. The monoisotopic (exact) mass is 1050 g/mol. The molecule has 0 saturated carbocycles. The second-order valence-electron chi connectivity index (χ2n) is 18.7. The molecule has 0 aromatic heterocycles. The zero-order valence-electron chi connectivity index (χ0n) is 44.1. The van der Waals surface area contributed by atoms with Crippen molar-refractivity contribution in [2.45, 2.75) is 211 Å². The van der Waals surface area contributed by atoms with Crippen LogP contribution in [0.3, 0.4) is 0 Å². The van der Waals surface area contributed by atoms with Crippen molar-refractivity contribution in [3.63, 3.8) is 0 Å². The number of rotatable bonds is 44. The minimum atomic E-state index is -1.49. The third-order valence-electron chi connectivity index (χ3n) is 11.9. The largest absolute Gasteiger partial charge is 0.370 e. The Hall–Kier alpha value is -6.76. The molecule has 0 spiro atoms. The van der Waals surface area contributed by atoms with Crippen molar-refractivity contribution in [2.24, 2.45) is 28.7 Å². The van der Waals surface area contributed by atoms with Gasteiger partial charge < -0.3 is 76.5 Å². The molecule has 0 aromatic rings. The molecule has 26 nitrogen and oxygen atoms in total. The molecule has 0 aliphatic heterocycles. The Labute approximate surface area is 436 Å². The predicted molar refractivity (Wildman–Crippen MR) is 283 cm³/mol. The molecule has 0 radical (unpaired) electrons. The van der Waals surface area contributed by atoms with Gasteiger partial charge in [-0.25, -0.2) is 0 Å². The van der Waals surface area contributed by atoms with Crippen LogP contribution < -0.4 is 76.5 Å². The highest BCUT2D eigenvalue weighted by atomic mass is 16.2. The Kier molecular flexibility index (Phi) is 37.0. The maximum absolute atomic E-state index is 13.8. The first-order chi connectivity index (χ1) is 35.1. The van der Waals surface area contributed by atoms with E-state index in [1.807, 2.05) is 0 Å². The quantitative estimate of drug-likeness (QED) is 0.0204. The first-order valence-electron chi connectivity index (χ1n) is 26.2. The first kappa shape index (κ1) is 67.2. The molecule has 0 aromatic carbocycles. The van der Waals surface area contributed by atoms with E-state index >= 15 is 0 Å². The maximum atomic E-state index is 13.8. The van der Waals surface area contributed by atoms with Gasteiger partial charge in [-0.1, -0.05) is 84.0 Å². The number of unbranched alkanes of at least 4 members (excludes halogenated alkanes) is 12. The number of Topliss-reactive ketones (excluding diaryl/α,β-unsaturated/α-hetero) is 1. The van der Waals surface area contributed by atoms with Gasteiger partial charge in [0.1, 0.15) is 30.2 Å². The van der Waals surface area contributed by atoms with Crippen LogP contribution in [0.2, 0.25) is 0 Å². The summed E-state index contributed by atoms with van der Waals surface area (Å²) in [4.78, 5) is 118. The summed E-state index contributed by atoms with van der Waals surface area (Å²) in [7, 11) is 0. The van der Waals surface area contributed by atoms with Crippen LogP contribution in [0.25, 0.3) is 0 Å². The Morgan fingerprint density at radius 1 is 0.378 bits per heavy atom. The van der Waals surface area contributed by atoms with Crippen molar-refractivity contribution in [3.05, 3.63) is 0 Å². The molecule has 0 rings (SSSR count). The Morgan fingerprint density at radius 2 is 0.689 bits per heavy atom. The van der Waals surface area contributed by atoms with Crippen LogP contribution in [0.1, 0.15) is 175 Å². The summed E-state index contributed by atoms with van der Waals surface area (Å²) in [5, 5.41) is 45.4. The van der Waals surface area contributed by atoms with Crippen molar-refractivity contribution in [1.29, 1.82) is 16.2 Å². The third kappa shape index (κ3) is 35.4. The molecule has 8 amide bonds. The molecular weight excluding hydrogens is 959 g/mol. The van der Waals surface area contributed by atoms with Crippen LogP contribution in [-0.2, 0) is 43.2 Å². The van der Waals surface area contributed by atoms with Crippen LogP contribution in [0.4, 0.5) is 0 Å². The van der Waals surface area contributed by atoms with Crippen LogP contribution in [0.5, 0.6) is 0 Å². The Morgan fingerprint density at radius 3 is 1.05 bits per heavy atom. The van der Waals surface area contributed by atoms with E-state index in [0.29, 0.717) is 19.3 Å². The van der Waals surface area contributed by atoms with Gasteiger partial charge in [-0.2, -0.15) is 0 Å². The molecule has 0 fully saturated rings. The number of nitrogens with two attached hydrogens (primary N) is 5. The number of guanidine groups is 3. The number of carbonyl (C=O) groups excluding carboxylic acids is 9. The van der Waals surface area contributed by atoms with E-state index in [4.69, 9.17) is 44.9 Å². The lowest BCUT2D eigenvalue weighted by Gasteiger charge is -2.26. The van der Waals surface area contributed by atoms with E-state index < -0.39 is 77.6 Å². The van der Waals surface area contributed by atoms with Gasteiger partial charge in [-0.15, -0.1) is 0 Å². The summed E-state index contributed by atoms with van der Waals surface area (Å²) in [6.07, 6.45) is 14.6. The number of nitrogens with one attached hydrogen (secondary N) is 12. The smallest absolute Gasteiger partial charge is 0.243 e. The van der Waals surface area contributed by atoms with Gasteiger partial charge in [0.05, 0.1) is 6.04 Å². The summed E-state index contributed by atoms with van der Waals surface area (Å²) in [6, 6.07) is -7.74. The van der Waals surface area contributed by atoms with E-state index in [9.17, 15) is 43.2 Å². The van der Waals surface area contributed by atoms with Gasteiger partial charge in [0, 0.05) is 38.9 Å². The SMILES string of the molecule is CCCCCCCCCCCCCCCC(=O)N[C@@H](CCCNC(=N)N)C(=O)N[C@@H](CCC(N)=O)C(=O)N[C@@H](C)C(=O)N[C@@H](CCC(N)=O)C(=O)N[C@@H](CCCNC(=N)N)C(=O)N[C@@H](CCCNC(=N)N)C(C)=O. The minimum Gasteiger partial charge on any atom is -0.370 e. The van der Waals surface area contributed by atoms with Crippen molar-refractivity contribution in [1.82, 2.24) is 47.9 Å². The van der Waals surface area contributed by atoms with E-state index in [0.717, 1.165) is 25.7 Å². The lowest BCUT2D eigenvalue weighted by molar-refractivity contribution is -0.135. The van der Waals surface area contributed by atoms with E-state index in [1.165, 1.54) is 65.2 Å². The summed E-state index contributed by atoms with van der Waals surface area (Å²) in [5.41, 5.74) is 26.9. The average molecular weight is 1050 g/mol. The Bertz CT molecular complexity index is 1800. The zero-order chi connectivity index (χ0) is 55.8.